The lowest BCUT2D eigenvalue weighted by Gasteiger charge is -2.34. The van der Waals surface area contributed by atoms with Crippen molar-refractivity contribution in [2.24, 2.45) is 11.3 Å². The summed E-state index contributed by atoms with van der Waals surface area (Å²) >= 11 is 0. The highest BCUT2D eigenvalue weighted by molar-refractivity contribution is 6.06. The molecule has 6 nitrogen and oxygen atoms in total. The largest absolute Gasteiger partial charge is 0.361 e. The summed E-state index contributed by atoms with van der Waals surface area (Å²) in [6, 6.07) is 7.44. The molecule has 1 unspecified atom stereocenters. The molecule has 0 amide bonds. The normalized spacial score (nSPS) is 19.6. The molecular weight excluding hydrogens is 308 g/mol. The Morgan fingerprint density at radius 1 is 1.25 bits per heavy atom. The number of aromatic nitrogens is 1. The van der Waals surface area contributed by atoms with Crippen LogP contribution in [0.15, 0.2) is 30.5 Å². The van der Waals surface area contributed by atoms with Crippen LogP contribution in [-0.2, 0) is 9.59 Å². The van der Waals surface area contributed by atoms with Crippen LogP contribution in [0.3, 0.4) is 0 Å². The third-order valence-corrected chi connectivity index (χ3v) is 4.77. The Kier molecular flexibility index (Phi) is 3.99. The van der Waals surface area contributed by atoms with Gasteiger partial charge in [-0.3, -0.25) is 19.7 Å². The average molecular weight is 328 g/mol. The van der Waals surface area contributed by atoms with Gasteiger partial charge < -0.3 is 4.98 Å². The van der Waals surface area contributed by atoms with E-state index in [4.69, 9.17) is 0 Å². The minimum absolute atomic E-state index is 0.187. The zero-order valence-corrected chi connectivity index (χ0v) is 13.7. The number of para-hydroxylation sites is 1. The van der Waals surface area contributed by atoms with Crippen molar-refractivity contribution >= 4 is 22.5 Å². The predicted molar refractivity (Wildman–Crippen MR) is 89.4 cm³/mol. The van der Waals surface area contributed by atoms with Crippen molar-refractivity contribution in [3.8, 4) is 0 Å². The minimum atomic E-state index is -0.928. The molecule has 24 heavy (non-hydrogen) atoms. The molecule has 0 radical (unpaired) electrons. The van der Waals surface area contributed by atoms with Crippen molar-refractivity contribution in [3.63, 3.8) is 0 Å². The van der Waals surface area contributed by atoms with Crippen LogP contribution in [0.5, 0.6) is 0 Å². The molecule has 1 aromatic carbocycles. The van der Waals surface area contributed by atoms with Crippen LogP contribution in [0.2, 0.25) is 0 Å². The maximum Gasteiger partial charge on any atom is 0.211 e. The van der Waals surface area contributed by atoms with Gasteiger partial charge in [0.25, 0.3) is 0 Å². The first-order valence-corrected chi connectivity index (χ1v) is 8.02. The van der Waals surface area contributed by atoms with E-state index in [-0.39, 0.29) is 29.8 Å². The predicted octanol–water partition coefficient (Wildman–Crippen LogP) is 3.10. The lowest BCUT2D eigenvalue weighted by atomic mass is 9.66. The van der Waals surface area contributed by atoms with Gasteiger partial charge in [0, 0.05) is 34.9 Å². The highest BCUT2D eigenvalue weighted by Gasteiger charge is 2.46. The van der Waals surface area contributed by atoms with Crippen LogP contribution in [0, 0.1) is 21.4 Å². The first-order chi connectivity index (χ1) is 11.3. The molecule has 1 saturated carbocycles. The fourth-order valence-corrected chi connectivity index (χ4v) is 3.80. The number of aromatic amines is 1. The van der Waals surface area contributed by atoms with Crippen LogP contribution in [0.25, 0.3) is 10.9 Å². The third kappa shape index (κ3) is 2.96. The van der Waals surface area contributed by atoms with Crippen LogP contribution < -0.4 is 0 Å². The lowest BCUT2D eigenvalue weighted by molar-refractivity contribution is -0.484. The molecule has 1 aromatic heterocycles. The maximum atomic E-state index is 12.6. The topological polar surface area (TPSA) is 93.1 Å². The van der Waals surface area contributed by atoms with Crippen molar-refractivity contribution in [2.75, 3.05) is 6.54 Å². The summed E-state index contributed by atoms with van der Waals surface area (Å²) in [5.41, 5.74) is 1.15. The number of rotatable bonds is 4. The number of H-pyrrole nitrogens is 1. The molecule has 0 saturated heterocycles. The lowest BCUT2D eigenvalue weighted by Crippen LogP contribution is -2.42. The summed E-state index contributed by atoms with van der Waals surface area (Å²) < 4.78 is 0. The smallest absolute Gasteiger partial charge is 0.211 e. The second-order valence-electron chi connectivity index (χ2n) is 7.34. The standard InChI is InChI=1S/C18H20N2O4/c1-18(2)7-15(21)17(16(22)8-18)13(10-20(23)24)12-9-19-14-6-4-3-5-11(12)14/h3-6,9,13,17,19H,7-8,10H2,1-2H3. The van der Waals surface area contributed by atoms with Gasteiger partial charge in [-0.25, -0.2) is 0 Å². The summed E-state index contributed by atoms with van der Waals surface area (Å²) in [6.07, 6.45) is 2.25. The van der Waals surface area contributed by atoms with Gasteiger partial charge in [0.05, 0.1) is 11.8 Å². The molecule has 126 valence electrons. The van der Waals surface area contributed by atoms with Gasteiger partial charge in [-0.15, -0.1) is 0 Å². The van der Waals surface area contributed by atoms with Gasteiger partial charge in [-0.2, -0.15) is 0 Å². The van der Waals surface area contributed by atoms with Crippen molar-refractivity contribution in [1.29, 1.82) is 0 Å². The number of carbonyl (C=O) groups excluding carboxylic acids is 2. The van der Waals surface area contributed by atoms with Gasteiger partial charge in [0.2, 0.25) is 6.54 Å². The third-order valence-electron chi connectivity index (χ3n) is 4.77. The first-order valence-electron chi connectivity index (χ1n) is 8.02. The number of ketones is 2. The highest BCUT2D eigenvalue weighted by Crippen LogP contribution is 2.41. The number of Topliss-reactive ketones (excluding diaryl/α,β-unsaturated/α-hetero) is 2. The van der Waals surface area contributed by atoms with Gasteiger partial charge >= 0.3 is 0 Å². The molecule has 1 aliphatic rings. The van der Waals surface area contributed by atoms with Gasteiger partial charge in [-0.05, 0) is 17.0 Å². The molecule has 1 N–H and O–H groups in total. The van der Waals surface area contributed by atoms with Gasteiger partial charge in [-0.1, -0.05) is 32.0 Å². The Morgan fingerprint density at radius 3 is 2.50 bits per heavy atom. The number of nitro groups is 1. The van der Waals surface area contributed by atoms with E-state index in [1.807, 2.05) is 38.1 Å². The fourth-order valence-electron chi connectivity index (χ4n) is 3.80. The van der Waals surface area contributed by atoms with Crippen molar-refractivity contribution in [2.45, 2.75) is 32.6 Å². The second kappa shape index (κ2) is 5.85. The summed E-state index contributed by atoms with van der Waals surface area (Å²) in [7, 11) is 0. The molecule has 0 spiro atoms. The van der Waals surface area contributed by atoms with Crippen molar-refractivity contribution in [3.05, 3.63) is 46.1 Å². The minimum Gasteiger partial charge on any atom is -0.361 e. The van der Waals surface area contributed by atoms with E-state index in [0.717, 1.165) is 10.9 Å². The van der Waals surface area contributed by atoms with Gasteiger partial charge in [0.15, 0.2) is 0 Å². The van der Waals surface area contributed by atoms with Crippen LogP contribution in [0.1, 0.15) is 38.2 Å². The summed E-state index contributed by atoms with van der Waals surface area (Å²) in [5, 5.41) is 12.0. The van der Waals surface area contributed by atoms with E-state index in [1.165, 1.54) is 0 Å². The molecule has 0 aliphatic heterocycles. The average Bonchev–Trinajstić information content (AvgIpc) is 2.87. The van der Waals surface area contributed by atoms with E-state index in [9.17, 15) is 19.7 Å². The summed E-state index contributed by atoms with van der Waals surface area (Å²) in [6.45, 7) is 3.34. The zero-order valence-electron chi connectivity index (χ0n) is 13.7. The Bertz CT molecular complexity index is 801. The first kappa shape index (κ1) is 16.4. The number of nitrogens with one attached hydrogen (secondary N) is 1. The molecule has 1 atom stereocenters. The number of hydrogen-bond donors (Lipinski definition) is 1. The molecular formula is C18H20N2O4. The van der Waals surface area contributed by atoms with E-state index >= 15 is 0 Å². The van der Waals surface area contributed by atoms with E-state index in [0.29, 0.717) is 5.56 Å². The highest BCUT2D eigenvalue weighted by atomic mass is 16.6. The van der Waals surface area contributed by atoms with Crippen LogP contribution >= 0.6 is 0 Å². The number of carbonyl (C=O) groups is 2. The second-order valence-corrected chi connectivity index (χ2v) is 7.34. The fraction of sp³-hybridized carbons (Fsp3) is 0.444. The Hall–Kier alpha value is -2.50. The SMILES string of the molecule is CC1(C)CC(=O)C(C(C[N+](=O)[O-])c2c[nH]c3ccccc23)C(=O)C1. The summed E-state index contributed by atoms with van der Waals surface area (Å²) in [5.74, 6) is -2.03. The van der Waals surface area contributed by atoms with E-state index in [1.54, 1.807) is 6.20 Å². The summed E-state index contributed by atoms with van der Waals surface area (Å²) in [4.78, 5) is 39.1. The molecule has 1 fully saturated rings. The van der Waals surface area contributed by atoms with Gasteiger partial charge in [0.1, 0.15) is 11.6 Å². The number of nitrogens with zero attached hydrogens (tertiary/aromatic N) is 1. The maximum absolute atomic E-state index is 12.6. The van der Waals surface area contributed by atoms with Crippen LogP contribution in [-0.4, -0.2) is 28.0 Å². The molecule has 6 heteroatoms. The Morgan fingerprint density at radius 2 is 1.88 bits per heavy atom. The zero-order chi connectivity index (χ0) is 17.5. The molecule has 2 aromatic rings. The van der Waals surface area contributed by atoms with Crippen molar-refractivity contribution < 1.29 is 14.5 Å². The number of benzene rings is 1. The molecule has 1 heterocycles. The number of fused-ring (bicyclic) bond motifs is 1. The Labute approximate surface area is 139 Å². The van der Waals surface area contributed by atoms with E-state index < -0.39 is 23.3 Å². The Balaban J connectivity index is 2.05. The van der Waals surface area contributed by atoms with Crippen molar-refractivity contribution in [1.82, 2.24) is 4.98 Å². The molecule has 0 bridgehead atoms. The quantitative estimate of drug-likeness (QED) is 0.530. The monoisotopic (exact) mass is 328 g/mol. The molecule has 3 rings (SSSR count). The number of hydrogen-bond acceptors (Lipinski definition) is 4. The van der Waals surface area contributed by atoms with Crippen LogP contribution in [0.4, 0.5) is 0 Å². The van der Waals surface area contributed by atoms with E-state index in [2.05, 4.69) is 4.98 Å². The molecule has 1 aliphatic carbocycles.